The van der Waals surface area contributed by atoms with Crippen LogP contribution in [0.5, 0.6) is 0 Å². The number of carbonyl (C=O) groups excluding carboxylic acids is 1. The van der Waals surface area contributed by atoms with Crippen molar-refractivity contribution in [3.05, 3.63) is 40.8 Å². The Labute approximate surface area is 169 Å². The first-order chi connectivity index (χ1) is 13.7. The van der Waals surface area contributed by atoms with Crippen LogP contribution in [0.25, 0.3) is 0 Å². The second-order valence-electron chi connectivity index (χ2n) is 8.00. The van der Waals surface area contributed by atoms with Crippen molar-refractivity contribution in [3.63, 3.8) is 0 Å². The number of rotatable bonds is 4. The molecule has 1 aromatic heterocycles. The molecule has 1 atom stereocenters. The zero-order valence-corrected chi connectivity index (χ0v) is 17.4. The van der Waals surface area contributed by atoms with Crippen molar-refractivity contribution in [2.24, 2.45) is 0 Å². The zero-order valence-electron chi connectivity index (χ0n) is 16.6. The lowest BCUT2D eigenvalue weighted by Crippen LogP contribution is -2.38. The van der Waals surface area contributed by atoms with Crippen molar-refractivity contribution in [2.45, 2.75) is 39.2 Å². The van der Waals surface area contributed by atoms with Gasteiger partial charge >= 0.3 is 0 Å². The number of aromatic nitrogens is 2. The molecule has 2 aliphatic rings. The standard InChI is InChI=1S/C20H25FN4O3S/c1-13-8-15-4-3-6-24(20(15)17(21)9-13)11-19(26)22-18-10-14(2)23-25(18)16-5-7-29(27,28)12-16/h8-10,16H,3-7,11-12H2,1-2H3,(H,22,26). The van der Waals surface area contributed by atoms with Crippen molar-refractivity contribution >= 4 is 27.2 Å². The van der Waals surface area contributed by atoms with E-state index in [1.54, 1.807) is 22.6 Å². The number of anilines is 2. The highest BCUT2D eigenvalue weighted by atomic mass is 32.2. The van der Waals surface area contributed by atoms with Crippen molar-refractivity contribution in [1.29, 1.82) is 0 Å². The van der Waals surface area contributed by atoms with E-state index in [4.69, 9.17) is 0 Å². The number of halogens is 1. The van der Waals surface area contributed by atoms with Gasteiger partial charge in [-0.2, -0.15) is 5.10 Å². The summed E-state index contributed by atoms with van der Waals surface area (Å²) < 4.78 is 39.8. The first kappa shape index (κ1) is 19.9. The van der Waals surface area contributed by atoms with E-state index in [9.17, 15) is 17.6 Å². The van der Waals surface area contributed by atoms with Crippen molar-refractivity contribution in [1.82, 2.24) is 9.78 Å². The molecular weight excluding hydrogens is 395 g/mol. The summed E-state index contributed by atoms with van der Waals surface area (Å²) in [5.41, 5.74) is 3.01. The average molecular weight is 421 g/mol. The third-order valence-corrected chi connectivity index (χ3v) is 7.24. The van der Waals surface area contributed by atoms with E-state index >= 15 is 0 Å². The first-order valence-electron chi connectivity index (χ1n) is 9.82. The molecule has 156 valence electrons. The second-order valence-corrected chi connectivity index (χ2v) is 10.2. The highest BCUT2D eigenvalue weighted by molar-refractivity contribution is 7.91. The molecule has 1 unspecified atom stereocenters. The minimum Gasteiger partial charge on any atom is -0.360 e. The Morgan fingerprint density at radius 2 is 2.10 bits per heavy atom. The van der Waals surface area contributed by atoms with Gasteiger partial charge in [-0.3, -0.25) is 4.79 Å². The molecule has 2 aromatic rings. The molecule has 0 bridgehead atoms. The van der Waals surface area contributed by atoms with Crippen LogP contribution in [0.3, 0.4) is 0 Å². The van der Waals surface area contributed by atoms with Crippen LogP contribution in [0.15, 0.2) is 18.2 Å². The molecule has 1 amide bonds. The molecule has 0 radical (unpaired) electrons. The molecule has 3 heterocycles. The Bertz CT molecular complexity index is 1060. The number of nitrogens with zero attached hydrogens (tertiary/aromatic N) is 3. The molecule has 1 aromatic carbocycles. The van der Waals surface area contributed by atoms with E-state index in [-0.39, 0.29) is 35.8 Å². The molecule has 2 aliphatic heterocycles. The summed E-state index contributed by atoms with van der Waals surface area (Å²) in [5.74, 6) is 0.0643. The molecule has 1 saturated heterocycles. The second kappa shape index (κ2) is 7.44. The number of hydrogen-bond donors (Lipinski definition) is 1. The van der Waals surface area contributed by atoms with Gasteiger partial charge in [-0.25, -0.2) is 17.5 Å². The number of benzene rings is 1. The summed E-state index contributed by atoms with van der Waals surface area (Å²) in [6.07, 6.45) is 2.14. The fourth-order valence-electron chi connectivity index (χ4n) is 4.29. The Morgan fingerprint density at radius 3 is 2.83 bits per heavy atom. The largest absolute Gasteiger partial charge is 0.360 e. The third-order valence-electron chi connectivity index (χ3n) is 5.49. The van der Waals surface area contributed by atoms with Gasteiger partial charge in [0.15, 0.2) is 9.84 Å². The van der Waals surface area contributed by atoms with Crippen molar-refractivity contribution in [2.75, 3.05) is 34.8 Å². The monoisotopic (exact) mass is 420 g/mol. The Balaban J connectivity index is 1.51. The first-order valence-corrected chi connectivity index (χ1v) is 11.6. The molecule has 0 aliphatic carbocycles. The number of carbonyl (C=O) groups is 1. The molecule has 7 nitrogen and oxygen atoms in total. The Kier molecular flexibility index (Phi) is 5.10. The maximum Gasteiger partial charge on any atom is 0.245 e. The lowest BCUT2D eigenvalue weighted by atomic mass is 9.99. The van der Waals surface area contributed by atoms with E-state index in [1.807, 2.05) is 13.0 Å². The molecule has 0 spiro atoms. The van der Waals surface area contributed by atoms with E-state index in [0.717, 1.165) is 24.0 Å². The van der Waals surface area contributed by atoms with E-state index in [0.29, 0.717) is 30.2 Å². The maximum absolute atomic E-state index is 14.6. The molecular formula is C20H25FN4O3S. The third kappa shape index (κ3) is 4.14. The van der Waals surface area contributed by atoms with E-state index in [1.165, 1.54) is 6.07 Å². The van der Waals surface area contributed by atoms with Crippen LogP contribution < -0.4 is 10.2 Å². The number of sulfone groups is 1. The quantitative estimate of drug-likeness (QED) is 0.821. The highest BCUT2D eigenvalue weighted by Gasteiger charge is 2.31. The van der Waals surface area contributed by atoms with Gasteiger partial charge in [-0.15, -0.1) is 0 Å². The van der Waals surface area contributed by atoms with Gasteiger partial charge in [-0.05, 0) is 50.3 Å². The number of nitrogens with one attached hydrogen (secondary N) is 1. The van der Waals surface area contributed by atoms with Gasteiger partial charge in [0.05, 0.1) is 35.5 Å². The van der Waals surface area contributed by atoms with Crippen molar-refractivity contribution in [3.8, 4) is 0 Å². The zero-order chi connectivity index (χ0) is 20.8. The van der Waals surface area contributed by atoms with E-state index in [2.05, 4.69) is 10.4 Å². The smallest absolute Gasteiger partial charge is 0.245 e. The van der Waals surface area contributed by atoms with Gasteiger partial charge in [-0.1, -0.05) is 6.07 Å². The van der Waals surface area contributed by atoms with Crippen LogP contribution in [0.4, 0.5) is 15.9 Å². The van der Waals surface area contributed by atoms with Gasteiger partial charge in [0.1, 0.15) is 11.6 Å². The van der Waals surface area contributed by atoms with E-state index < -0.39 is 9.84 Å². The van der Waals surface area contributed by atoms with Crippen LogP contribution in [-0.2, 0) is 21.1 Å². The predicted octanol–water partition coefficient (Wildman–Crippen LogP) is 2.39. The van der Waals surface area contributed by atoms with Gasteiger partial charge in [0.2, 0.25) is 5.91 Å². The molecule has 29 heavy (non-hydrogen) atoms. The lowest BCUT2D eigenvalue weighted by Gasteiger charge is -2.31. The molecule has 9 heteroatoms. The van der Waals surface area contributed by atoms with Crippen molar-refractivity contribution < 1.29 is 17.6 Å². The van der Waals surface area contributed by atoms with Gasteiger partial charge in [0.25, 0.3) is 0 Å². The normalized spacial score (nSPS) is 20.5. The summed E-state index contributed by atoms with van der Waals surface area (Å²) in [6, 6.07) is 4.92. The average Bonchev–Trinajstić information content (AvgIpc) is 3.16. The summed E-state index contributed by atoms with van der Waals surface area (Å²) in [4.78, 5) is 14.5. The molecule has 1 N–H and O–H groups in total. The Hall–Kier alpha value is -2.42. The van der Waals surface area contributed by atoms with Crippen LogP contribution in [-0.4, -0.2) is 48.7 Å². The Morgan fingerprint density at radius 1 is 1.31 bits per heavy atom. The van der Waals surface area contributed by atoms with Crippen LogP contribution in [0.1, 0.15) is 35.7 Å². The van der Waals surface area contributed by atoms with Crippen LogP contribution in [0, 0.1) is 19.7 Å². The predicted molar refractivity (Wildman–Crippen MR) is 110 cm³/mol. The number of hydrogen-bond acceptors (Lipinski definition) is 5. The fraction of sp³-hybridized carbons (Fsp3) is 0.500. The van der Waals surface area contributed by atoms with Gasteiger partial charge < -0.3 is 10.2 Å². The molecule has 0 saturated carbocycles. The molecule has 1 fully saturated rings. The summed E-state index contributed by atoms with van der Waals surface area (Å²) >= 11 is 0. The summed E-state index contributed by atoms with van der Waals surface area (Å²) in [7, 11) is -3.07. The van der Waals surface area contributed by atoms with Gasteiger partial charge in [0, 0.05) is 12.6 Å². The minimum atomic E-state index is -3.07. The molecule has 4 rings (SSSR count). The minimum absolute atomic E-state index is 0.0280. The SMILES string of the molecule is Cc1cc(F)c2c(c1)CCCN2CC(=O)Nc1cc(C)nn1C1CCS(=O)(=O)C1. The summed E-state index contributed by atoms with van der Waals surface area (Å²) in [5, 5.41) is 7.23. The topological polar surface area (TPSA) is 84.3 Å². The number of aryl methyl sites for hydroxylation is 3. The summed E-state index contributed by atoms with van der Waals surface area (Å²) in [6.45, 7) is 4.30. The lowest BCUT2D eigenvalue weighted by molar-refractivity contribution is -0.115. The van der Waals surface area contributed by atoms with Crippen LogP contribution >= 0.6 is 0 Å². The number of fused-ring (bicyclic) bond motifs is 1. The highest BCUT2D eigenvalue weighted by Crippen LogP contribution is 2.31. The fourth-order valence-corrected chi connectivity index (χ4v) is 5.99. The van der Waals surface area contributed by atoms with Crippen LogP contribution in [0.2, 0.25) is 0 Å². The number of amides is 1. The maximum atomic E-state index is 14.6.